The fourth-order valence-corrected chi connectivity index (χ4v) is 1.54. The van der Waals surface area contributed by atoms with Crippen LogP contribution in [0.4, 0.5) is 4.39 Å². The van der Waals surface area contributed by atoms with Crippen molar-refractivity contribution in [1.29, 1.82) is 0 Å². The Hall–Kier alpha value is -2.38. The number of hydrogen-bond donors (Lipinski definition) is 1. The van der Waals surface area contributed by atoms with Gasteiger partial charge in [-0.2, -0.15) is 0 Å². The fourth-order valence-electron chi connectivity index (χ4n) is 1.54. The van der Waals surface area contributed by atoms with E-state index < -0.39 is 5.82 Å². The van der Waals surface area contributed by atoms with Gasteiger partial charge in [0, 0.05) is 18.7 Å². The molecule has 0 bridgehead atoms. The molecule has 1 N–H and O–H groups in total. The highest BCUT2D eigenvalue weighted by Crippen LogP contribution is 2.17. The van der Waals surface area contributed by atoms with Crippen molar-refractivity contribution < 1.29 is 14.2 Å². The lowest BCUT2D eigenvalue weighted by Crippen LogP contribution is -1.98. The van der Waals surface area contributed by atoms with Gasteiger partial charge in [0.1, 0.15) is 18.2 Å². The molecule has 0 aliphatic heterocycles. The lowest BCUT2D eigenvalue weighted by molar-refractivity contribution is 0.299. The molecule has 1 heterocycles. The van der Waals surface area contributed by atoms with Gasteiger partial charge in [0.05, 0.1) is 17.9 Å². The van der Waals surface area contributed by atoms with Crippen LogP contribution in [0.5, 0.6) is 5.75 Å². The molecule has 0 spiro atoms. The van der Waals surface area contributed by atoms with Gasteiger partial charge < -0.3 is 9.84 Å². The van der Waals surface area contributed by atoms with Crippen molar-refractivity contribution in [3.63, 3.8) is 0 Å². The molecule has 0 aliphatic rings. The molecule has 2 aromatic rings. The van der Waals surface area contributed by atoms with Crippen molar-refractivity contribution in [2.75, 3.05) is 6.61 Å². The molecule has 0 radical (unpaired) electrons. The molecular formula is C16H14FNO2. The molecule has 0 saturated heterocycles. The van der Waals surface area contributed by atoms with Crippen LogP contribution >= 0.6 is 0 Å². The highest BCUT2D eigenvalue weighted by atomic mass is 19.1. The average molecular weight is 271 g/mol. The van der Waals surface area contributed by atoms with E-state index in [1.54, 1.807) is 18.3 Å². The Kier molecular flexibility index (Phi) is 5.10. The van der Waals surface area contributed by atoms with E-state index in [1.807, 2.05) is 18.2 Å². The number of aliphatic hydroxyl groups excluding tert-OH is 1. The van der Waals surface area contributed by atoms with Crippen molar-refractivity contribution in [2.45, 2.75) is 13.0 Å². The van der Waals surface area contributed by atoms with Gasteiger partial charge in [0.15, 0.2) is 0 Å². The summed E-state index contributed by atoms with van der Waals surface area (Å²) in [6.07, 6.45) is 2.01. The molecule has 0 atom stereocenters. The molecule has 102 valence electrons. The lowest BCUT2D eigenvalue weighted by Gasteiger charge is -2.06. The highest BCUT2D eigenvalue weighted by molar-refractivity contribution is 5.39. The summed E-state index contributed by atoms with van der Waals surface area (Å²) in [5.41, 5.74) is 1.07. The number of hydrogen-bond acceptors (Lipinski definition) is 3. The monoisotopic (exact) mass is 271 g/mol. The van der Waals surface area contributed by atoms with Crippen LogP contribution in [0.25, 0.3) is 0 Å². The van der Waals surface area contributed by atoms with Crippen molar-refractivity contribution in [2.24, 2.45) is 0 Å². The van der Waals surface area contributed by atoms with Crippen molar-refractivity contribution in [3.05, 3.63) is 59.7 Å². The van der Waals surface area contributed by atoms with E-state index >= 15 is 0 Å². The number of pyridine rings is 1. The Morgan fingerprint density at radius 1 is 1.25 bits per heavy atom. The second-order valence-corrected chi connectivity index (χ2v) is 4.03. The van der Waals surface area contributed by atoms with Crippen molar-refractivity contribution in [1.82, 2.24) is 4.98 Å². The Bertz CT molecular complexity index is 617. The summed E-state index contributed by atoms with van der Waals surface area (Å²) in [6, 6.07) is 10.1. The van der Waals surface area contributed by atoms with Crippen LogP contribution in [0.1, 0.15) is 17.7 Å². The van der Waals surface area contributed by atoms with E-state index in [2.05, 4.69) is 16.8 Å². The number of nitrogens with zero attached hydrogens (tertiary/aromatic N) is 1. The van der Waals surface area contributed by atoms with Gasteiger partial charge >= 0.3 is 0 Å². The first-order valence-electron chi connectivity index (χ1n) is 6.21. The quantitative estimate of drug-likeness (QED) is 0.869. The van der Waals surface area contributed by atoms with E-state index in [0.29, 0.717) is 17.7 Å². The molecule has 20 heavy (non-hydrogen) atoms. The van der Waals surface area contributed by atoms with Crippen LogP contribution in [-0.2, 0) is 6.61 Å². The van der Waals surface area contributed by atoms with Crippen molar-refractivity contribution in [3.8, 4) is 17.6 Å². The molecular weight excluding hydrogens is 257 g/mol. The van der Waals surface area contributed by atoms with Crippen LogP contribution in [0.15, 0.2) is 42.6 Å². The Morgan fingerprint density at radius 3 is 2.85 bits per heavy atom. The van der Waals surface area contributed by atoms with Gasteiger partial charge in [-0.1, -0.05) is 17.9 Å². The zero-order valence-electron chi connectivity index (χ0n) is 10.8. The van der Waals surface area contributed by atoms with E-state index in [4.69, 9.17) is 9.84 Å². The highest BCUT2D eigenvalue weighted by Gasteiger charge is 2.03. The van der Waals surface area contributed by atoms with E-state index in [9.17, 15) is 4.39 Å². The molecule has 4 heteroatoms. The summed E-state index contributed by atoms with van der Waals surface area (Å²) in [7, 11) is 0. The van der Waals surface area contributed by atoms with Crippen molar-refractivity contribution >= 4 is 0 Å². The van der Waals surface area contributed by atoms with Crippen LogP contribution in [0.3, 0.4) is 0 Å². The standard InChI is InChI=1S/C16H14FNO2/c17-16-11-15(8-7-13(16)5-2-4-10-19)20-12-14-6-1-3-9-18-14/h1,3,6-9,11,19H,4,10,12H2. The van der Waals surface area contributed by atoms with Crippen LogP contribution in [-0.4, -0.2) is 16.7 Å². The summed E-state index contributed by atoms with van der Waals surface area (Å²) < 4.78 is 19.2. The molecule has 0 saturated carbocycles. The molecule has 1 aromatic heterocycles. The molecule has 2 rings (SSSR count). The molecule has 3 nitrogen and oxygen atoms in total. The number of halogens is 1. The molecule has 0 fully saturated rings. The Balaban J connectivity index is 2.01. The van der Waals surface area contributed by atoms with E-state index in [0.717, 1.165) is 5.69 Å². The third-order valence-corrected chi connectivity index (χ3v) is 2.51. The summed E-state index contributed by atoms with van der Waals surface area (Å²) in [4.78, 5) is 4.12. The lowest BCUT2D eigenvalue weighted by atomic mass is 10.2. The van der Waals surface area contributed by atoms with Crippen LogP contribution < -0.4 is 4.74 Å². The smallest absolute Gasteiger partial charge is 0.142 e. The summed E-state index contributed by atoms with van der Waals surface area (Å²) in [5.74, 6) is 5.34. The average Bonchev–Trinajstić information content (AvgIpc) is 2.48. The van der Waals surface area contributed by atoms with E-state index in [1.165, 1.54) is 6.07 Å². The first-order valence-corrected chi connectivity index (χ1v) is 6.21. The topological polar surface area (TPSA) is 42.4 Å². The Morgan fingerprint density at radius 2 is 2.15 bits per heavy atom. The molecule has 0 amide bonds. The molecule has 0 aliphatic carbocycles. The van der Waals surface area contributed by atoms with Gasteiger partial charge in [0.2, 0.25) is 0 Å². The molecule has 1 aromatic carbocycles. The fraction of sp³-hybridized carbons (Fsp3) is 0.188. The van der Waals surface area contributed by atoms with Crippen LogP contribution in [0.2, 0.25) is 0 Å². The van der Waals surface area contributed by atoms with E-state index in [-0.39, 0.29) is 13.2 Å². The number of aliphatic hydroxyl groups is 1. The van der Waals surface area contributed by atoms with Gasteiger partial charge in [-0.05, 0) is 24.3 Å². The first-order chi connectivity index (χ1) is 9.79. The van der Waals surface area contributed by atoms with Gasteiger partial charge in [-0.25, -0.2) is 4.39 Å². The zero-order valence-corrected chi connectivity index (χ0v) is 10.8. The predicted molar refractivity (Wildman–Crippen MR) is 73.5 cm³/mol. The normalized spacial score (nSPS) is 9.70. The third kappa shape index (κ3) is 4.08. The van der Waals surface area contributed by atoms with Gasteiger partial charge in [0.25, 0.3) is 0 Å². The maximum Gasteiger partial charge on any atom is 0.142 e. The predicted octanol–water partition coefficient (Wildman–Crippen LogP) is 2.53. The minimum atomic E-state index is -0.436. The van der Waals surface area contributed by atoms with Gasteiger partial charge in [-0.3, -0.25) is 4.98 Å². The van der Waals surface area contributed by atoms with Gasteiger partial charge in [-0.15, -0.1) is 0 Å². The maximum absolute atomic E-state index is 13.7. The number of benzene rings is 1. The summed E-state index contributed by atoms with van der Waals surface area (Å²) in [6.45, 7) is 0.260. The third-order valence-electron chi connectivity index (χ3n) is 2.51. The SMILES string of the molecule is OCCC#Cc1ccc(OCc2ccccn2)cc1F. The van der Waals surface area contributed by atoms with Crippen LogP contribution in [0, 0.1) is 17.7 Å². The molecule has 0 unspecified atom stereocenters. The Labute approximate surface area is 117 Å². The number of rotatable bonds is 4. The minimum absolute atomic E-state index is 0.0279. The summed E-state index contributed by atoms with van der Waals surface area (Å²) >= 11 is 0. The number of ether oxygens (including phenoxy) is 1. The maximum atomic E-state index is 13.7. The summed E-state index contributed by atoms with van der Waals surface area (Å²) in [5, 5.41) is 8.61. The minimum Gasteiger partial charge on any atom is -0.487 e. The second-order valence-electron chi connectivity index (χ2n) is 4.03. The second kappa shape index (κ2) is 7.27. The number of aromatic nitrogens is 1. The largest absolute Gasteiger partial charge is 0.487 e. The zero-order chi connectivity index (χ0) is 14.2. The first kappa shape index (κ1) is 14.0.